The number of nitrogens with zero attached hydrogens (tertiary/aromatic N) is 1. The fourth-order valence-electron chi connectivity index (χ4n) is 6.37. The largest absolute Gasteiger partial charge is 0.496 e. The van der Waals surface area contributed by atoms with E-state index >= 15 is 0 Å². The van der Waals surface area contributed by atoms with Gasteiger partial charge in [-0.25, -0.2) is 0 Å². The number of rotatable bonds is 2. The van der Waals surface area contributed by atoms with Crippen LogP contribution in [0.5, 0.6) is 5.75 Å². The number of benzene rings is 4. The highest BCUT2D eigenvalue weighted by Crippen LogP contribution is 2.61. The third kappa shape index (κ3) is 2.43. The van der Waals surface area contributed by atoms with Crippen molar-refractivity contribution in [2.24, 2.45) is 7.05 Å². The second kappa shape index (κ2) is 6.73. The smallest absolute Gasteiger partial charge is 0.126 e. The molecule has 1 atom stereocenters. The van der Waals surface area contributed by atoms with Crippen LogP contribution < -0.4 is 4.74 Å². The maximum atomic E-state index is 5.99. The van der Waals surface area contributed by atoms with Crippen molar-refractivity contribution in [3.05, 3.63) is 72.4 Å². The molecule has 4 aromatic carbocycles. The minimum absolute atomic E-state index is 0.0625. The standard InChI is InChI=1S/C32H26NOPS/c1-32(2,3)18-8-11-22(34-5)21(16-18)19-9-6-17-7-12-24-27-26(17)30(19)35-23-14-15-33(4)29(23)20-10-13-25(36-24)28(27)31(20)35/h6-16H,1-5H3. The third-order valence-corrected chi connectivity index (χ3v) is 11.9. The van der Waals surface area contributed by atoms with Gasteiger partial charge in [0.25, 0.3) is 0 Å². The minimum atomic E-state index is -0.665. The summed E-state index contributed by atoms with van der Waals surface area (Å²) >= 11 is 1.94. The zero-order chi connectivity index (χ0) is 24.5. The molecular weight excluding hydrogens is 477 g/mol. The number of aromatic nitrogens is 1. The van der Waals surface area contributed by atoms with E-state index in [-0.39, 0.29) is 5.41 Å². The van der Waals surface area contributed by atoms with E-state index in [1.165, 1.54) is 68.8 Å². The monoisotopic (exact) mass is 503 g/mol. The van der Waals surface area contributed by atoms with Crippen LogP contribution in [0.3, 0.4) is 0 Å². The van der Waals surface area contributed by atoms with Gasteiger partial charge in [0.2, 0.25) is 0 Å². The Morgan fingerprint density at radius 1 is 0.806 bits per heavy atom. The molecule has 4 heterocycles. The summed E-state index contributed by atoms with van der Waals surface area (Å²) in [6.45, 7) is 6.86. The van der Waals surface area contributed by atoms with Gasteiger partial charge >= 0.3 is 0 Å². The lowest BCUT2D eigenvalue weighted by Crippen LogP contribution is -2.11. The van der Waals surface area contributed by atoms with Gasteiger partial charge in [-0.15, -0.1) is 11.3 Å². The van der Waals surface area contributed by atoms with Crippen LogP contribution in [-0.4, -0.2) is 11.7 Å². The summed E-state index contributed by atoms with van der Waals surface area (Å²) in [6.07, 6.45) is 2.24. The molecule has 8 aromatic rings. The summed E-state index contributed by atoms with van der Waals surface area (Å²) in [7, 11) is 3.32. The first-order chi connectivity index (χ1) is 17.4. The molecule has 0 N–H and O–H groups in total. The predicted molar refractivity (Wildman–Crippen MR) is 160 cm³/mol. The average Bonchev–Trinajstić information content (AvgIpc) is 3.53. The Balaban J connectivity index is 1.69. The van der Waals surface area contributed by atoms with E-state index in [2.05, 4.69) is 99.2 Å². The summed E-state index contributed by atoms with van der Waals surface area (Å²) in [5.74, 6) is 0.947. The molecule has 0 fully saturated rings. The topological polar surface area (TPSA) is 14.2 Å². The van der Waals surface area contributed by atoms with Crippen molar-refractivity contribution < 1.29 is 4.74 Å². The van der Waals surface area contributed by atoms with Crippen LogP contribution in [0.2, 0.25) is 0 Å². The Labute approximate surface area is 214 Å². The van der Waals surface area contributed by atoms with Gasteiger partial charge in [-0.3, -0.25) is 0 Å². The molecule has 1 unspecified atom stereocenters. The zero-order valence-corrected chi connectivity index (χ0v) is 22.8. The van der Waals surface area contributed by atoms with E-state index in [0.29, 0.717) is 0 Å². The molecule has 0 aliphatic heterocycles. The van der Waals surface area contributed by atoms with Crippen molar-refractivity contribution in [2.75, 3.05) is 7.11 Å². The predicted octanol–water partition coefficient (Wildman–Crippen LogP) is 10.1. The number of hydrogen-bond acceptors (Lipinski definition) is 2. The number of ether oxygens (including phenoxy) is 1. The Morgan fingerprint density at radius 3 is 2.39 bits per heavy atom. The number of hydrogen-bond donors (Lipinski definition) is 0. The average molecular weight is 504 g/mol. The lowest BCUT2D eigenvalue weighted by Gasteiger charge is -2.22. The second-order valence-electron chi connectivity index (χ2n) is 11.1. The minimum Gasteiger partial charge on any atom is -0.496 e. The van der Waals surface area contributed by atoms with Crippen LogP contribution >= 0.6 is 18.7 Å². The highest BCUT2D eigenvalue weighted by Gasteiger charge is 2.26. The maximum absolute atomic E-state index is 5.99. The molecule has 0 bridgehead atoms. The van der Waals surface area contributed by atoms with Gasteiger partial charge in [-0.05, 0) is 52.3 Å². The fourth-order valence-corrected chi connectivity index (χ4v) is 10.8. The third-order valence-electron chi connectivity index (χ3n) is 8.08. The van der Waals surface area contributed by atoms with E-state index in [1.54, 1.807) is 12.2 Å². The molecule has 36 heavy (non-hydrogen) atoms. The van der Waals surface area contributed by atoms with E-state index < -0.39 is 7.34 Å². The SMILES string of the molecule is COc1ccc(C(C)(C)C)cc1-c1ccc2ccc3sc4ccc5c6c(ccn6C)p6c1c2c3c4c56. The van der Waals surface area contributed by atoms with Crippen molar-refractivity contribution in [1.29, 1.82) is 0 Å². The van der Waals surface area contributed by atoms with Gasteiger partial charge in [0.1, 0.15) is 5.75 Å². The van der Waals surface area contributed by atoms with E-state index in [4.69, 9.17) is 4.74 Å². The maximum Gasteiger partial charge on any atom is 0.126 e. The summed E-state index contributed by atoms with van der Waals surface area (Å²) in [5, 5.41) is 11.7. The molecule has 2 nitrogen and oxygen atoms in total. The fraction of sp³-hybridized carbons (Fsp3) is 0.188. The summed E-state index contributed by atoms with van der Waals surface area (Å²) in [6, 6.07) is 23.2. The van der Waals surface area contributed by atoms with E-state index in [0.717, 1.165) is 5.75 Å². The van der Waals surface area contributed by atoms with Crippen LogP contribution in [0.4, 0.5) is 0 Å². The summed E-state index contributed by atoms with van der Waals surface area (Å²) < 4.78 is 11.1. The Hall–Kier alpha value is -3.26. The first-order valence-corrected chi connectivity index (χ1v) is 14.6. The first kappa shape index (κ1) is 20.9. The number of fused-ring (bicyclic) bond motifs is 4. The lowest BCUT2D eigenvalue weighted by atomic mass is 9.85. The highest BCUT2D eigenvalue weighted by molar-refractivity contribution is 7.64. The van der Waals surface area contributed by atoms with Crippen LogP contribution in [0.25, 0.3) is 68.3 Å². The van der Waals surface area contributed by atoms with Crippen molar-refractivity contribution in [3.8, 4) is 16.9 Å². The lowest BCUT2D eigenvalue weighted by molar-refractivity contribution is 0.416. The van der Waals surface area contributed by atoms with Crippen LogP contribution in [0, 0.1) is 0 Å². The van der Waals surface area contributed by atoms with Crippen molar-refractivity contribution in [1.82, 2.24) is 4.57 Å². The number of aryl methyl sites for hydroxylation is 1. The van der Waals surface area contributed by atoms with Gasteiger partial charge in [-0.1, -0.05) is 58.4 Å². The molecule has 176 valence electrons. The van der Waals surface area contributed by atoms with Crippen molar-refractivity contribution in [2.45, 2.75) is 26.2 Å². The number of methoxy groups -OCH3 is 1. The Morgan fingerprint density at radius 2 is 1.58 bits per heavy atom. The molecule has 0 saturated carbocycles. The van der Waals surface area contributed by atoms with Gasteiger partial charge in [0.05, 0.1) is 12.6 Å². The second-order valence-corrected chi connectivity index (χ2v) is 14.2. The van der Waals surface area contributed by atoms with E-state index in [1.807, 2.05) is 11.3 Å². The molecule has 4 aromatic heterocycles. The summed E-state index contributed by atoms with van der Waals surface area (Å²) in [5.41, 5.74) is 5.31. The van der Waals surface area contributed by atoms with Crippen LogP contribution in [0.15, 0.2) is 66.9 Å². The molecule has 0 aliphatic rings. The molecule has 0 amide bonds. The van der Waals surface area contributed by atoms with E-state index in [9.17, 15) is 0 Å². The van der Waals surface area contributed by atoms with Crippen molar-refractivity contribution in [3.63, 3.8) is 0 Å². The van der Waals surface area contributed by atoms with Crippen LogP contribution in [-0.2, 0) is 12.5 Å². The molecule has 0 aliphatic carbocycles. The number of thiophene rings is 1. The normalized spacial score (nSPS) is 13.6. The van der Waals surface area contributed by atoms with Gasteiger partial charge in [-0.2, -0.15) is 0 Å². The van der Waals surface area contributed by atoms with Crippen molar-refractivity contribution >= 4 is 75.9 Å². The van der Waals surface area contributed by atoms with Gasteiger partial charge in [0, 0.05) is 65.1 Å². The molecule has 8 rings (SSSR count). The molecule has 0 saturated heterocycles. The van der Waals surface area contributed by atoms with Gasteiger partial charge < -0.3 is 9.30 Å². The highest BCUT2D eigenvalue weighted by atomic mass is 32.1. The quantitative estimate of drug-likeness (QED) is 0.169. The summed E-state index contributed by atoms with van der Waals surface area (Å²) in [4.78, 5) is 0. The molecule has 0 radical (unpaired) electrons. The Bertz CT molecular complexity index is 2130. The zero-order valence-electron chi connectivity index (χ0n) is 21.1. The first-order valence-electron chi connectivity index (χ1n) is 12.5. The molecule has 4 heteroatoms. The van der Waals surface area contributed by atoms with Gasteiger partial charge in [0.15, 0.2) is 0 Å². The Kier molecular flexibility index (Phi) is 3.91. The molecular formula is C32H26NOPS. The molecule has 0 spiro atoms. The van der Waals surface area contributed by atoms with Crippen LogP contribution in [0.1, 0.15) is 26.3 Å².